The van der Waals surface area contributed by atoms with Gasteiger partial charge < -0.3 is 15.1 Å². The van der Waals surface area contributed by atoms with Crippen molar-refractivity contribution in [3.05, 3.63) is 76.1 Å². The highest BCUT2D eigenvalue weighted by molar-refractivity contribution is 7.18. The topological polar surface area (TPSA) is 71.3 Å². The first-order valence-electron chi connectivity index (χ1n) is 8.06. The number of hydrogen-bond donors (Lipinski definition) is 2. The first kappa shape index (κ1) is 18.8. The molecule has 0 spiro atoms. The van der Waals surface area contributed by atoms with Crippen LogP contribution in [0.1, 0.15) is 44.3 Å². The molecule has 0 aliphatic rings. The van der Waals surface area contributed by atoms with Gasteiger partial charge in [-0.15, -0.1) is 11.3 Å². The molecule has 3 rings (SSSR count). The molecule has 0 radical (unpaired) electrons. The number of hydrogen-bond acceptors (Lipinski definition) is 4. The summed E-state index contributed by atoms with van der Waals surface area (Å²) in [6, 6.07) is 7.36. The fraction of sp³-hybridized carbons (Fsp3) is 0.158. The summed E-state index contributed by atoms with van der Waals surface area (Å²) in [5.41, 5.74) is 0.851. The number of halogens is 2. The van der Waals surface area contributed by atoms with Gasteiger partial charge in [0.1, 0.15) is 11.6 Å². The number of rotatable bonds is 5. The van der Waals surface area contributed by atoms with Gasteiger partial charge in [0.25, 0.3) is 11.8 Å². The van der Waals surface area contributed by atoms with Crippen molar-refractivity contribution in [2.75, 3.05) is 5.32 Å². The summed E-state index contributed by atoms with van der Waals surface area (Å²) in [6.45, 7) is 3.34. The molecule has 27 heavy (non-hydrogen) atoms. The lowest BCUT2D eigenvalue weighted by atomic mass is 10.1. The van der Waals surface area contributed by atoms with Crippen LogP contribution in [-0.4, -0.2) is 11.8 Å². The molecule has 1 unspecified atom stereocenters. The summed E-state index contributed by atoms with van der Waals surface area (Å²) in [5, 5.41) is 5.84. The fourth-order valence-electron chi connectivity index (χ4n) is 2.54. The molecule has 2 heterocycles. The Labute approximate surface area is 158 Å². The molecule has 3 aromatic rings. The van der Waals surface area contributed by atoms with Crippen LogP contribution in [0.3, 0.4) is 0 Å². The molecule has 2 aromatic heterocycles. The predicted molar refractivity (Wildman–Crippen MR) is 98.0 cm³/mol. The Hall–Kier alpha value is -3.00. The number of nitrogens with one attached hydrogen (secondary N) is 2. The van der Waals surface area contributed by atoms with E-state index in [-0.39, 0.29) is 11.3 Å². The third kappa shape index (κ3) is 4.22. The van der Waals surface area contributed by atoms with Crippen LogP contribution in [0.25, 0.3) is 0 Å². The minimum Gasteiger partial charge on any atom is -0.459 e. The van der Waals surface area contributed by atoms with Gasteiger partial charge >= 0.3 is 0 Å². The Kier molecular flexibility index (Phi) is 5.36. The van der Waals surface area contributed by atoms with E-state index in [1.54, 1.807) is 26.0 Å². The Balaban J connectivity index is 1.71. The van der Waals surface area contributed by atoms with Crippen LogP contribution in [0, 0.1) is 18.6 Å². The number of anilines is 1. The third-order valence-corrected chi connectivity index (χ3v) is 5.03. The molecule has 5 nitrogen and oxygen atoms in total. The zero-order chi connectivity index (χ0) is 19.6. The predicted octanol–water partition coefficient (Wildman–Crippen LogP) is 4.67. The van der Waals surface area contributed by atoms with E-state index in [9.17, 15) is 18.4 Å². The first-order valence-corrected chi connectivity index (χ1v) is 8.88. The van der Waals surface area contributed by atoms with Crippen LogP contribution in [0.15, 0.2) is 47.1 Å². The summed E-state index contributed by atoms with van der Waals surface area (Å²) >= 11 is 1.10. The van der Waals surface area contributed by atoms with E-state index in [1.807, 2.05) is 0 Å². The van der Waals surface area contributed by atoms with Gasteiger partial charge in [-0.05, 0) is 43.7 Å². The van der Waals surface area contributed by atoms with E-state index in [2.05, 4.69) is 10.6 Å². The smallest absolute Gasteiger partial charge is 0.291 e. The highest BCUT2D eigenvalue weighted by Gasteiger charge is 2.20. The lowest BCUT2D eigenvalue weighted by Crippen LogP contribution is -2.27. The van der Waals surface area contributed by atoms with Crippen molar-refractivity contribution in [1.82, 2.24) is 5.32 Å². The molecule has 0 saturated carbocycles. The van der Waals surface area contributed by atoms with Crippen LogP contribution >= 0.6 is 11.3 Å². The number of furan rings is 1. The molecule has 2 N–H and O–H groups in total. The number of aryl methyl sites for hydroxylation is 1. The minimum atomic E-state index is -0.725. The average molecular weight is 390 g/mol. The molecule has 0 saturated heterocycles. The SMILES string of the molecule is Cc1cc(NC(=O)c2ccco2)sc1C(=O)NC(C)c1ccc(F)cc1F. The Morgan fingerprint density at radius 3 is 2.59 bits per heavy atom. The normalized spacial score (nSPS) is 11.9. The summed E-state index contributed by atoms with van der Waals surface area (Å²) in [5.74, 6) is -2.08. The van der Waals surface area contributed by atoms with Gasteiger partial charge in [-0.1, -0.05) is 6.07 Å². The molecule has 0 fully saturated rings. The second kappa shape index (κ2) is 7.71. The highest BCUT2D eigenvalue weighted by Crippen LogP contribution is 2.28. The van der Waals surface area contributed by atoms with Gasteiger partial charge in [0.15, 0.2) is 5.76 Å². The molecule has 140 valence electrons. The molecular weight excluding hydrogens is 374 g/mol. The maximum Gasteiger partial charge on any atom is 0.291 e. The van der Waals surface area contributed by atoms with Crippen molar-refractivity contribution in [2.24, 2.45) is 0 Å². The number of benzene rings is 1. The molecular formula is C19H16F2N2O3S. The number of carbonyl (C=O) groups is 2. The number of amides is 2. The van der Waals surface area contributed by atoms with E-state index >= 15 is 0 Å². The third-order valence-electron chi connectivity index (χ3n) is 3.88. The Morgan fingerprint density at radius 2 is 1.93 bits per heavy atom. The van der Waals surface area contributed by atoms with Gasteiger partial charge in [-0.2, -0.15) is 0 Å². The summed E-state index contributed by atoms with van der Waals surface area (Å²) < 4.78 is 31.9. The van der Waals surface area contributed by atoms with Gasteiger partial charge in [-0.25, -0.2) is 8.78 Å². The van der Waals surface area contributed by atoms with Crippen LogP contribution in [0.5, 0.6) is 0 Å². The standard InChI is InChI=1S/C19H16F2N2O3S/c1-10-8-16(23-18(24)15-4-3-7-26-15)27-17(10)19(25)22-11(2)13-6-5-12(20)9-14(13)21/h3-9,11H,1-2H3,(H,22,25)(H,23,24). The van der Waals surface area contributed by atoms with Crippen LogP contribution in [0.2, 0.25) is 0 Å². The second-order valence-electron chi connectivity index (χ2n) is 5.92. The highest BCUT2D eigenvalue weighted by atomic mass is 32.1. The summed E-state index contributed by atoms with van der Waals surface area (Å²) in [6.07, 6.45) is 1.39. The van der Waals surface area contributed by atoms with E-state index in [0.29, 0.717) is 15.4 Å². The molecule has 0 aliphatic heterocycles. The van der Waals surface area contributed by atoms with Crippen LogP contribution in [-0.2, 0) is 0 Å². The van der Waals surface area contributed by atoms with Gasteiger partial charge in [0.2, 0.25) is 0 Å². The lowest BCUT2D eigenvalue weighted by molar-refractivity contribution is 0.0941. The molecule has 0 aliphatic carbocycles. The number of thiophene rings is 1. The van der Waals surface area contributed by atoms with Crippen LogP contribution in [0.4, 0.5) is 13.8 Å². The average Bonchev–Trinajstić information content (AvgIpc) is 3.24. The maximum atomic E-state index is 13.9. The number of carbonyl (C=O) groups excluding carboxylic acids is 2. The van der Waals surface area contributed by atoms with Crippen molar-refractivity contribution < 1.29 is 22.8 Å². The minimum absolute atomic E-state index is 0.160. The first-order chi connectivity index (χ1) is 12.8. The van der Waals surface area contributed by atoms with Gasteiger partial charge in [-0.3, -0.25) is 9.59 Å². The van der Waals surface area contributed by atoms with Crippen molar-refractivity contribution in [3.63, 3.8) is 0 Å². The van der Waals surface area contributed by atoms with Crippen molar-refractivity contribution in [2.45, 2.75) is 19.9 Å². The van der Waals surface area contributed by atoms with Crippen molar-refractivity contribution >= 4 is 28.2 Å². The lowest BCUT2D eigenvalue weighted by Gasteiger charge is -2.15. The maximum absolute atomic E-state index is 13.9. The van der Waals surface area contributed by atoms with E-state index in [4.69, 9.17) is 4.42 Å². The molecule has 1 aromatic carbocycles. The largest absolute Gasteiger partial charge is 0.459 e. The Morgan fingerprint density at radius 1 is 1.15 bits per heavy atom. The van der Waals surface area contributed by atoms with Crippen LogP contribution < -0.4 is 10.6 Å². The second-order valence-corrected chi connectivity index (χ2v) is 6.97. The van der Waals surface area contributed by atoms with Gasteiger partial charge in [0, 0.05) is 11.6 Å². The fourth-order valence-corrected chi connectivity index (χ4v) is 3.51. The molecule has 0 bridgehead atoms. The van der Waals surface area contributed by atoms with Crippen molar-refractivity contribution in [3.8, 4) is 0 Å². The van der Waals surface area contributed by atoms with E-state index in [1.165, 1.54) is 18.4 Å². The van der Waals surface area contributed by atoms with E-state index in [0.717, 1.165) is 23.5 Å². The zero-order valence-corrected chi connectivity index (χ0v) is 15.3. The summed E-state index contributed by atoms with van der Waals surface area (Å²) in [7, 11) is 0. The Bertz CT molecular complexity index is 983. The molecule has 1 atom stereocenters. The monoisotopic (exact) mass is 390 g/mol. The quantitative estimate of drug-likeness (QED) is 0.665. The molecule has 2 amide bonds. The van der Waals surface area contributed by atoms with E-state index < -0.39 is 29.5 Å². The summed E-state index contributed by atoms with van der Waals surface area (Å²) in [4.78, 5) is 24.9. The van der Waals surface area contributed by atoms with Crippen molar-refractivity contribution in [1.29, 1.82) is 0 Å². The zero-order valence-electron chi connectivity index (χ0n) is 14.5. The van der Waals surface area contributed by atoms with Gasteiger partial charge in [0.05, 0.1) is 22.2 Å². The molecule has 8 heteroatoms.